The van der Waals surface area contributed by atoms with E-state index in [9.17, 15) is 0 Å². The Morgan fingerprint density at radius 1 is 0.840 bits per heavy atom. The summed E-state index contributed by atoms with van der Waals surface area (Å²) in [6.45, 7) is 2.07. The number of nitrogens with zero attached hydrogens (tertiary/aromatic N) is 5. The maximum atomic E-state index is 4.68. The lowest BCUT2D eigenvalue weighted by atomic mass is 10.1. The Balaban J connectivity index is 1.81. The van der Waals surface area contributed by atoms with Gasteiger partial charge in [-0.1, -0.05) is 42.0 Å². The van der Waals surface area contributed by atoms with Crippen molar-refractivity contribution in [1.82, 2.24) is 19.6 Å². The molecule has 0 spiro atoms. The summed E-state index contributed by atoms with van der Waals surface area (Å²) >= 11 is 0. The van der Waals surface area contributed by atoms with Crippen LogP contribution in [0.4, 0.5) is 5.69 Å². The minimum Gasteiger partial charge on any atom is -0.378 e. The molecule has 2 aromatic heterocycles. The average molecular weight is 329 g/mol. The fourth-order valence-corrected chi connectivity index (χ4v) is 2.77. The van der Waals surface area contributed by atoms with Crippen LogP contribution in [0.3, 0.4) is 0 Å². The Morgan fingerprint density at radius 3 is 2.20 bits per heavy atom. The van der Waals surface area contributed by atoms with Gasteiger partial charge in [-0.05, 0) is 25.1 Å². The molecule has 0 radical (unpaired) electrons. The molecule has 5 heteroatoms. The third-order valence-corrected chi connectivity index (χ3v) is 4.23. The van der Waals surface area contributed by atoms with Crippen LogP contribution < -0.4 is 4.90 Å². The highest BCUT2D eigenvalue weighted by molar-refractivity contribution is 5.66. The highest BCUT2D eigenvalue weighted by Crippen LogP contribution is 2.24. The predicted molar refractivity (Wildman–Crippen MR) is 101 cm³/mol. The third kappa shape index (κ3) is 2.85. The summed E-state index contributed by atoms with van der Waals surface area (Å²) in [4.78, 5) is 11.0. The molecule has 0 N–H and O–H groups in total. The molecule has 0 aliphatic carbocycles. The molecule has 5 nitrogen and oxygen atoms in total. The van der Waals surface area contributed by atoms with Crippen molar-refractivity contribution in [3.63, 3.8) is 0 Å². The van der Waals surface area contributed by atoms with Crippen LogP contribution in [0.5, 0.6) is 0 Å². The van der Waals surface area contributed by atoms with Gasteiger partial charge in [-0.2, -0.15) is 9.50 Å². The lowest BCUT2D eigenvalue weighted by molar-refractivity contribution is 0.951. The molecular formula is C20H19N5. The fourth-order valence-electron chi connectivity index (χ4n) is 2.77. The number of aryl methyl sites for hydroxylation is 1. The average Bonchev–Trinajstić information content (AvgIpc) is 3.06. The topological polar surface area (TPSA) is 46.3 Å². The first-order valence-electron chi connectivity index (χ1n) is 8.18. The standard InChI is InChI=1S/C20H19N5/c1-14-4-6-16(7-5-14)19-22-20-21-13-12-18(25(20)23-19)15-8-10-17(11-9-15)24(2)3/h4-13H,1-3H3. The number of fused-ring (bicyclic) bond motifs is 1. The molecule has 0 atom stereocenters. The zero-order chi connectivity index (χ0) is 17.4. The van der Waals surface area contributed by atoms with E-state index < -0.39 is 0 Å². The van der Waals surface area contributed by atoms with E-state index in [1.807, 2.05) is 32.3 Å². The van der Waals surface area contributed by atoms with Crippen LogP contribution in [0.2, 0.25) is 0 Å². The van der Waals surface area contributed by atoms with Gasteiger partial charge in [0, 0.05) is 37.1 Å². The number of rotatable bonds is 3. The van der Waals surface area contributed by atoms with Gasteiger partial charge in [-0.3, -0.25) is 0 Å². The van der Waals surface area contributed by atoms with Crippen LogP contribution in [-0.2, 0) is 0 Å². The van der Waals surface area contributed by atoms with Crippen molar-refractivity contribution in [2.75, 3.05) is 19.0 Å². The Bertz CT molecular complexity index is 1010. The predicted octanol–water partition coefficient (Wildman–Crippen LogP) is 3.83. The van der Waals surface area contributed by atoms with E-state index in [1.54, 1.807) is 10.7 Å². The molecule has 0 saturated heterocycles. The molecule has 0 amide bonds. The minimum absolute atomic E-state index is 0.602. The van der Waals surface area contributed by atoms with Gasteiger partial charge in [0.1, 0.15) is 0 Å². The molecule has 0 aliphatic heterocycles. The van der Waals surface area contributed by atoms with Crippen LogP contribution in [0.1, 0.15) is 5.56 Å². The van der Waals surface area contributed by atoms with Crippen LogP contribution in [0.15, 0.2) is 60.8 Å². The van der Waals surface area contributed by atoms with Crippen LogP contribution in [-0.4, -0.2) is 33.7 Å². The van der Waals surface area contributed by atoms with Gasteiger partial charge in [-0.15, -0.1) is 5.10 Å². The van der Waals surface area contributed by atoms with Crippen molar-refractivity contribution in [3.05, 3.63) is 66.4 Å². The van der Waals surface area contributed by atoms with Gasteiger partial charge < -0.3 is 4.90 Å². The Labute approximate surface area is 146 Å². The van der Waals surface area contributed by atoms with Gasteiger partial charge in [0.25, 0.3) is 5.78 Å². The molecule has 0 saturated carbocycles. The Hall–Kier alpha value is -3.21. The molecule has 4 aromatic rings. The maximum Gasteiger partial charge on any atom is 0.253 e. The van der Waals surface area contributed by atoms with Gasteiger partial charge in [0.15, 0.2) is 5.82 Å². The van der Waals surface area contributed by atoms with E-state index in [4.69, 9.17) is 0 Å². The third-order valence-electron chi connectivity index (χ3n) is 4.23. The van der Waals surface area contributed by atoms with Gasteiger partial charge in [0.05, 0.1) is 5.69 Å². The van der Waals surface area contributed by atoms with Gasteiger partial charge in [-0.25, -0.2) is 4.98 Å². The Kier molecular flexibility index (Phi) is 3.69. The zero-order valence-corrected chi connectivity index (χ0v) is 14.5. The monoisotopic (exact) mass is 329 g/mol. The van der Waals surface area contributed by atoms with Crippen molar-refractivity contribution >= 4 is 11.5 Å². The number of benzene rings is 2. The van der Waals surface area contributed by atoms with Crippen molar-refractivity contribution in [2.24, 2.45) is 0 Å². The fraction of sp³-hybridized carbons (Fsp3) is 0.150. The molecule has 25 heavy (non-hydrogen) atoms. The highest BCUT2D eigenvalue weighted by Gasteiger charge is 2.11. The summed E-state index contributed by atoms with van der Waals surface area (Å²) in [6.07, 6.45) is 1.78. The summed E-state index contributed by atoms with van der Waals surface area (Å²) in [6, 6.07) is 18.6. The second-order valence-electron chi connectivity index (χ2n) is 6.28. The second kappa shape index (κ2) is 6.02. The zero-order valence-electron chi connectivity index (χ0n) is 14.5. The van der Waals surface area contributed by atoms with E-state index in [0.29, 0.717) is 11.6 Å². The van der Waals surface area contributed by atoms with Gasteiger partial charge in [0.2, 0.25) is 0 Å². The molecule has 0 bridgehead atoms. The molecular weight excluding hydrogens is 310 g/mol. The molecule has 0 aliphatic rings. The number of hydrogen-bond donors (Lipinski definition) is 0. The second-order valence-corrected chi connectivity index (χ2v) is 6.28. The first-order valence-corrected chi connectivity index (χ1v) is 8.18. The summed E-state index contributed by atoms with van der Waals surface area (Å²) in [7, 11) is 4.07. The summed E-state index contributed by atoms with van der Waals surface area (Å²) in [5.74, 6) is 1.29. The van der Waals surface area contributed by atoms with Crippen LogP contribution >= 0.6 is 0 Å². The lowest BCUT2D eigenvalue weighted by Gasteiger charge is -2.12. The molecule has 0 unspecified atom stereocenters. The van der Waals surface area contributed by atoms with Crippen molar-refractivity contribution < 1.29 is 0 Å². The Morgan fingerprint density at radius 2 is 1.52 bits per heavy atom. The normalized spacial score (nSPS) is 11.0. The van der Waals surface area contributed by atoms with E-state index in [2.05, 4.69) is 63.3 Å². The molecule has 124 valence electrons. The first kappa shape index (κ1) is 15.3. The van der Waals surface area contributed by atoms with Crippen molar-refractivity contribution in [3.8, 4) is 22.6 Å². The molecule has 0 fully saturated rings. The van der Waals surface area contributed by atoms with Crippen LogP contribution in [0.25, 0.3) is 28.4 Å². The summed E-state index contributed by atoms with van der Waals surface area (Å²) in [5, 5.41) is 4.68. The van der Waals surface area contributed by atoms with E-state index >= 15 is 0 Å². The smallest absolute Gasteiger partial charge is 0.253 e. The maximum absolute atomic E-state index is 4.68. The molecule has 2 aromatic carbocycles. The first-order chi connectivity index (χ1) is 12.1. The summed E-state index contributed by atoms with van der Waals surface area (Å²) in [5.41, 5.74) is 5.42. The van der Waals surface area contributed by atoms with E-state index in [-0.39, 0.29) is 0 Å². The highest BCUT2D eigenvalue weighted by atomic mass is 15.3. The lowest BCUT2D eigenvalue weighted by Crippen LogP contribution is -2.08. The van der Waals surface area contributed by atoms with Crippen molar-refractivity contribution in [2.45, 2.75) is 6.92 Å². The van der Waals surface area contributed by atoms with E-state index in [1.165, 1.54) is 5.56 Å². The quantitative estimate of drug-likeness (QED) is 0.573. The largest absolute Gasteiger partial charge is 0.378 e. The number of aromatic nitrogens is 4. The van der Waals surface area contributed by atoms with Crippen LogP contribution in [0, 0.1) is 6.92 Å². The molecule has 2 heterocycles. The SMILES string of the molecule is Cc1ccc(-c2nc3nccc(-c4ccc(N(C)C)cc4)n3n2)cc1. The molecule has 4 rings (SSSR count). The number of anilines is 1. The summed E-state index contributed by atoms with van der Waals surface area (Å²) < 4.78 is 1.81. The van der Waals surface area contributed by atoms with E-state index in [0.717, 1.165) is 22.5 Å². The number of hydrogen-bond acceptors (Lipinski definition) is 4. The van der Waals surface area contributed by atoms with Crippen molar-refractivity contribution in [1.29, 1.82) is 0 Å². The minimum atomic E-state index is 0.602. The van der Waals surface area contributed by atoms with Gasteiger partial charge >= 0.3 is 0 Å².